The van der Waals surface area contributed by atoms with Crippen LogP contribution in [-0.2, 0) is 0 Å². The minimum atomic E-state index is -0.371. The summed E-state index contributed by atoms with van der Waals surface area (Å²) in [6.45, 7) is 3.35. The molecular weight excluding hydrogens is 295 g/mol. The molecule has 23 heavy (non-hydrogen) atoms. The van der Waals surface area contributed by atoms with Gasteiger partial charge in [0.15, 0.2) is 5.69 Å². The molecule has 0 unspecified atom stereocenters. The molecule has 122 valence electrons. The molecule has 2 atom stereocenters. The molecule has 2 heterocycles. The molecule has 1 fully saturated rings. The number of carbonyl (C=O) groups is 1. The van der Waals surface area contributed by atoms with Gasteiger partial charge in [-0.15, -0.1) is 0 Å². The molecular formula is C17H21FN4O. The molecule has 0 radical (unpaired) electrons. The fraction of sp³-hybridized carbons (Fsp3) is 0.412. The number of hydrogen-bond donors (Lipinski definition) is 1. The van der Waals surface area contributed by atoms with E-state index in [9.17, 15) is 9.18 Å². The Morgan fingerprint density at radius 1 is 1.39 bits per heavy atom. The van der Waals surface area contributed by atoms with E-state index in [1.807, 2.05) is 6.92 Å². The average molecular weight is 316 g/mol. The highest BCUT2D eigenvalue weighted by atomic mass is 19.1. The first-order chi connectivity index (χ1) is 11.1. The number of piperidine rings is 1. The maximum Gasteiger partial charge on any atom is 0.274 e. The second kappa shape index (κ2) is 6.50. The standard InChI is InChI=1S/C17H21FN4O/c1-12(19)13-5-4-9-21(11-13)17(23)15-8-10-22(20-15)16-7-3-2-6-14(16)18/h2-3,6-8,10,12-13H,4-5,9,11,19H2,1H3/t12-,13+/m0/s1. The van der Waals surface area contributed by atoms with Crippen LogP contribution in [0.1, 0.15) is 30.3 Å². The number of amides is 1. The van der Waals surface area contributed by atoms with Crippen LogP contribution < -0.4 is 5.73 Å². The van der Waals surface area contributed by atoms with Gasteiger partial charge in [0.1, 0.15) is 11.5 Å². The van der Waals surface area contributed by atoms with Gasteiger partial charge in [-0.2, -0.15) is 5.10 Å². The van der Waals surface area contributed by atoms with Crippen LogP contribution in [0.3, 0.4) is 0 Å². The molecule has 0 aliphatic carbocycles. The van der Waals surface area contributed by atoms with Gasteiger partial charge in [0.05, 0.1) is 0 Å². The Kier molecular flexibility index (Phi) is 4.43. The van der Waals surface area contributed by atoms with Crippen molar-refractivity contribution in [3.8, 4) is 5.69 Å². The largest absolute Gasteiger partial charge is 0.337 e. The lowest BCUT2D eigenvalue weighted by atomic mass is 9.92. The van der Waals surface area contributed by atoms with Crippen molar-refractivity contribution in [1.82, 2.24) is 14.7 Å². The maximum atomic E-state index is 13.8. The topological polar surface area (TPSA) is 64.2 Å². The summed E-state index contributed by atoms with van der Waals surface area (Å²) in [6.07, 6.45) is 3.61. The van der Waals surface area contributed by atoms with Gasteiger partial charge < -0.3 is 10.6 Å². The van der Waals surface area contributed by atoms with Crippen LogP contribution in [-0.4, -0.2) is 39.7 Å². The Bertz CT molecular complexity index is 697. The first kappa shape index (κ1) is 15.7. The van der Waals surface area contributed by atoms with E-state index in [0.29, 0.717) is 30.4 Å². The van der Waals surface area contributed by atoms with Crippen LogP contribution in [0.15, 0.2) is 36.5 Å². The van der Waals surface area contributed by atoms with Gasteiger partial charge in [0.25, 0.3) is 5.91 Å². The minimum absolute atomic E-state index is 0.0709. The lowest BCUT2D eigenvalue weighted by Crippen LogP contribution is -2.45. The van der Waals surface area contributed by atoms with E-state index < -0.39 is 0 Å². The summed E-state index contributed by atoms with van der Waals surface area (Å²) < 4.78 is 15.2. The van der Waals surface area contributed by atoms with Crippen LogP contribution in [0.25, 0.3) is 5.69 Å². The summed E-state index contributed by atoms with van der Waals surface area (Å²) in [5.41, 5.74) is 6.63. The Morgan fingerprint density at radius 3 is 2.91 bits per heavy atom. The van der Waals surface area contributed by atoms with Crippen molar-refractivity contribution in [3.05, 3.63) is 48.0 Å². The lowest BCUT2D eigenvalue weighted by molar-refractivity contribution is 0.0654. The number of benzene rings is 1. The van der Waals surface area contributed by atoms with Gasteiger partial charge in [0.2, 0.25) is 0 Å². The van der Waals surface area contributed by atoms with Crippen LogP contribution in [0.4, 0.5) is 4.39 Å². The molecule has 1 aromatic heterocycles. The third kappa shape index (κ3) is 3.27. The van der Waals surface area contributed by atoms with Crippen molar-refractivity contribution < 1.29 is 9.18 Å². The second-order valence-electron chi connectivity index (χ2n) is 6.11. The zero-order chi connectivity index (χ0) is 16.4. The molecule has 6 heteroatoms. The summed E-state index contributed by atoms with van der Waals surface area (Å²) >= 11 is 0. The summed E-state index contributed by atoms with van der Waals surface area (Å²) in [7, 11) is 0. The molecule has 2 aromatic rings. The zero-order valence-corrected chi connectivity index (χ0v) is 13.2. The fourth-order valence-corrected chi connectivity index (χ4v) is 3.00. The number of aromatic nitrogens is 2. The highest BCUT2D eigenvalue weighted by molar-refractivity contribution is 5.92. The molecule has 0 bridgehead atoms. The summed E-state index contributed by atoms with van der Waals surface area (Å²) in [5.74, 6) is -0.170. The smallest absolute Gasteiger partial charge is 0.274 e. The molecule has 1 aliphatic rings. The van der Waals surface area contributed by atoms with E-state index in [0.717, 1.165) is 12.8 Å². The van der Waals surface area contributed by atoms with Crippen LogP contribution in [0, 0.1) is 11.7 Å². The number of likely N-dealkylation sites (tertiary alicyclic amines) is 1. The molecule has 1 aliphatic heterocycles. The summed E-state index contributed by atoms with van der Waals surface area (Å²) in [5, 5.41) is 4.24. The number of nitrogens with two attached hydrogens (primary N) is 1. The van der Waals surface area contributed by atoms with Crippen molar-refractivity contribution in [3.63, 3.8) is 0 Å². The average Bonchev–Trinajstić information content (AvgIpc) is 3.04. The van der Waals surface area contributed by atoms with Crippen LogP contribution in [0.5, 0.6) is 0 Å². The summed E-state index contributed by atoms with van der Waals surface area (Å²) in [6, 6.07) is 8.06. The van der Waals surface area contributed by atoms with E-state index in [2.05, 4.69) is 5.10 Å². The predicted octanol–water partition coefficient (Wildman–Crippen LogP) is 2.21. The number of para-hydroxylation sites is 1. The molecule has 1 saturated heterocycles. The third-order valence-corrected chi connectivity index (χ3v) is 4.40. The van der Waals surface area contributed by atoms with Gasteiger partial charge >= 0.3 is 0 Å². The predicted molar refractivity (Wildman–Crippen MR) is 85.8 cm³/mol. The highest BCUT2D eigenvalue weighted by Crippen LogP contribution is 2.20. The Labute approximate surface area is 134 Å². The number of nitrogens with zero attached hydrogens (tertiary/aromatic N) is 3. The number of halogens is 1. The molecule has 2 N–H and O–H groups in total. The van der Waals surface area contributed by atoms with Gasteiger partial charge in [0, 0.05) is 25.3 Å². The van der Waals surface area contributed by atoms with Crippen molar-refractivity contribution in [2.75, 3.05) is 13.1 Å². The Morgan fingerprint density at radius 2 is 2.17 bits per heavy atom. The molecule has 3 rings (SSSR count). The zero-order valence-electron chi connectivity index (χ0n) is 13.2. The monoisotopic (exact) mass is 316 g/mol. The van der Waals surface area contributed by atoms with Crippen LogP contribution in [0.2, 0.25) is 0 Å². The number of rotatable bonds is 3. The number of hydrogen-bond acceptors (Lipinski definition) is 3. The van der Waals surface area contributed by atoms with Crippen molar-refractivity contribution >= 4 is 5.91 Å². The second-order valence-corrected chi connectivity index (χ2v) is 6.11. The van der Waals surface area contributed by atoms with E-state index in [1.54, 1.807) is 35.4 Å². The minimum Gasteiger partial charge on any atom is -0.337 e. The lowest BCUT2D eigenvalue weighted by Gasteiger charge is -2.34. The molecule has 5 nitrogen and oxygen atoms in total. The third-order valence-electron chi connectivity index (χ3n) is 4.40. The fourth-order valence-electron chi connectivity index (χ4n) is 3.00. The highest BCUT2D eigenvalue weighted by Gasteiger charge is 2.27. The van der Waals surface area contributed by atoms with Crippen molar-refractivity contribution in [2.45, 2.75) is 25.8 Å². The van der Waals surface area contributed by atoms with E-state index in [1.165, 1.54) is 10.7 Å². The van der Waals surface area contributed by atoms with E-state index in [-0.39, 0.29) is 17.8 Å². The normalized spacial score (nSPS) is 19.6. The maximum absolute atomic E-state index is 13.8. The Balaban J connectivity index is 1.78. The van der Waals surface area contributed by atoms with E-state index in [4.69, 9.17) is 5.73 Å². The molecule has 1 amide bonds. The molecule has 0 saturated carbocycles. The van der Waals surface area contributed by atoms with Gasteiger partial charge in [-0.1, -0.05) is 12.1 Å². The van der Waals surface area contributed by atoms with E-state index >= 15 is 0 Å². The van der Waals surface area contributed by atoms with Crippen LogP contribution >= 0.6 is 0 Å². The number of carbonyl (C=O) groups excluding carboxylic acids is 1. The molecule has 0 spiro atoms. The SMILES string of the molecule is C[C@H](N)[C@@H]1CCCN(C(=O)c2ccn(-c3ccccc3F)n2)C1. The first-order valence-corrected chi connectivity index (χ1v) is 7.91. The van der Waals surface area contributed by atoms with Crippen molar-refractivity contribution in [2.24, 2.45) is 11.7 Å². The van der Waals surface area contributed by atoms with Crippen molar-refractivity contribution in [1.29, 1.82) is 0 Å². The van der Waals surface area contributed by atoms with Gasteiger partial charge in [-0.05, 0) is 43.9 Å². The van der Waals surface area contributed by atoms with Gasteiger partial charge in [-0.3, -0.25) is 4.79 Å². The summed E-state index contributed by atoms with van der Waals surface area (Å²) in [4.78, 5) is 14.4. The molecule has 1 aromatic carbocycles. The first-order valence-electron chi connectivity index (χ1n) is 7.91. The van der Waals surface area contributed by atoms with Gasteiger partial charge in [-0.25, -0.2) is 9.07 Å². The Hall–Kier alpha value is -2.21. The quantitative estimate of drug-likeness (QED) is 0.944.